The zero-order chi connectivity index (χ0) is 13.5. The van der Waals surface area contributed by atoms with Gasteiger partial charge in [0.05, 0.1) is 16.3 Å². The maximum Gasteiger partial charge on any atom is 0.416 e. The van der Waals surface area contributed by atoms with Crippen LogP contribution in [0.1, 0.15) is 11.3 Å². The van der Waals surface area contributed by atoms with Crippen molar-refractivity contribution in [1.82, 2.24) is 9.55 Å². The van der Waals surface area contributed by atoms with Crippen LogP contribution in [0.25, 0.3) is 5.69 Å². The highest BCUT2D eigenvalue weighted by Gasteiger charge is 2.31. The van der Waals surface area contributed by atoms with Gasteiger partial charge in [0.2, 0.25) is 0 Å². The van der Waals surface area contributed by atoms with E-state index in [1.807, 2.05) is 0 Å². The van der Waals surface area contributed by atoms with E-state index in [1.165, 1.54) is 6.07 Å². The predicted molar refractivity (Wildman–Crippen MR) is 65.7 cm³/mol. The fourth-order valence-electron chi connectivity index (χ4n) is 1.62. The minimum atomic E-state index is -4.41. The van der Waals surface area contributed by atoms with Gasteiger partial charge in [-0.3, -0.25) is 4.57 Å². The number of aryl methyl sites for hydroxylation is 1. The minimum Gasteiger partial charge on any atom is -0.337 e. The Bertz CT molecular complexity index is 642. The van der Waals surface area contributed by atoms with Crippen LogP contribution < -0.4 is 0 Å². The van der Waals surface area contributed by atoms with Crippen LogP contribution in [0.3, 0.4) is 0 Å². The van der Waals surface area contributed by atoms with Gasteiger partial charge in [-0.2, -0.15) is 13.2 Å². The summed E-state index contributed by atoms with van der Waals surface area (Å²) in [6.45, 7) is 1.78. The molecule has 2 rings (SSSR count). The van der Waals surface area contributed by atoms with Crippen molar-refractivity contribution < 1.29 is 13.2 Å². The number of nitrogens with zero attached hydrogens (tertiary/aromatic N) is 1. The molecule has 0 amide bonds. The molecule has 0 atom stereocenters. The van der Waals surface area contributed by atoms with Crippen LogP contribution in [0.5, 0.6) is 0 Å². The van der Waals surface area contributed by atoms with Gasteiger partial charge in [-0.05, 0) is 37.3 Å². The molecule has 0 spiro atoms. The summed E-state index contributed by atoms with van der Waals surface area (Å²) in [6.07, 6.45) is -2.74. The number of hydrogen-bond donors (Lipinski definition) is 1. The number of alkyl halides is 3. The molecular weight excluding hydrogens is 285 g/mol. The second-order valence-electron chi connectivity index (χ2n) is 3.73. The Kier molecular flexibility index (Phi) is 3.25. The topological polar surface area (TPSA) is 20.7 Å². The SMILES string of the molecule is Cc1c[nH]c(=S)n1-c1ccc(C(F)(F)F)cc1Cl. The van der Waals surface area contributed by atoms with Gasteiger partial charge in [0, 0.05) is 11.9 Å². The third kappa shape index (κ3) is 2.30. The van der Waals surface area contributed by atoms with Crippen molar-refractivity contribution in [3.05, 3.63) is 45.4 Å². The van der Waals surface area contributed by atoms with E-state index in [2.05, 4.69) is 4.98 Å². The van der Waals surface area contributed by atoms with Crippen molar-refractivity contribution >= 4 is 23.8 Å². The molecule has 0 aliphatic carbocycles. The quantitative estimate of drug-likeness (QED) is 0.767. The van der Waals surface area contributed by atoms with Gasteiger partial charge < -0.3 is 4.98 Å². The largest absolute Gasteiger partial charge is 0.416 e. The summed E-state index contributed by atoms with van der Waals surface area (Å²) in [6, 6.07) is 3.18. The molecule has 1 aromatic heterocycles. The van der Waals surface area contributed by atoms with Crippen molar-refractivity contribution in [3.8, 4) is 5.69 Å². The summed E-state index contributed by atoms with van der Waals surface area (Å²) in [5.74, 6) is 0. The molecule has 18 heavy (non-hydrogen) atoms. The molecular formula is C11H8ClF3N2S. The van der Waals surface area contributed by atoms with Gasteiger partial charge in [0.15, 0.2) is 4.77 Å². The number of benzene rings is 1. The van der Waals surface area contributed by atoms with Crippen molar-refractivity contribution in [2.75, 3.05) is 0 Å². The lowest BCUT2D eigenvalue weighted by molar-refractivity contribution is -0.137. The lowest BCUT2D eigenvalue weighted by Crippen LogP contribution is -2.06. The van der Waals surface area contributed by atoms with E-state index in [0.29, 0.717) is 10.5 Å². The third-order valence-electron chi connectivity index (χ3n) is 2.48. The average Bonchev–Trinajstić information content (AvgIpc) is 2.58. The molecule has 0 aliphatic heterocycles. The van der Waals surface area contributed by atoms with Gasteiger partial charge in [-0.25, -0.2) is 0 Å². The van der Waals surface area contributed by atoms with Gasteiger partial charge in [0.1, 0.15) is 0 Å². The monoisotopic (exact) mass is 292 g/mol. The summed E-state index contributed by atoms with van der Waals surface area (Å²) in [5, 5.41) is 0.00336. The van der Waals surface area contributed by atoms with Gasteiger partial charge >= 0.3 is 6.18 Å². The Morgan fingerprint density at radius 2 is 2.00 bits per heavy atom. The highest BCUT2D eigenvalue weighted by Crippen LogP contribution is 2.33. The Hall–Kier alpha value is -1.27. The molecule has 1 N–H and O–H groups in total. The number of hydrogen-bond acceptors (Lipinski definition) is 1. The summed E-state index contributed by atoms with van der Waals surface area (Å²) >= 11 is 10.9. The van der Waals surface area contributed by atoms with E-state index >= 15 is 0 Å². The first-order chi connectivity index (χ1) is 8.30. The van der Waals surface area contributed by atoms with Crippen molar-refractivity contribution in [1.29, 1.82) is 0 Å². The maximum absolute atomic E-state index is 12.5. The Morgan fingerprint density at radius 3 is 2.44 bits per heavy atom. The average molecular weight is 293 g/mol. The third-order valence-corrected chi connectivity index (χ3v) is 3.08. The summed E-state index contributed by atoms with van der Waals surface area (Å²) in [4.78, 5) is 2.80. The molecule has 0 unspecified atom stereocenters. The molecule has 0 bridgehead atoms. The summed E-state index contributed by atoms with van der Waals surface area (Å²) in [5.41, 5.74) is 0.408. The fraction of sp³-hybridized carbons (Fsp3) is 0.182. The zero-order valence-corrected chi connectivity index (χ0v) is 10.7. The predicted octanol–water partition coefficient (Wildman–Crippen LogP) is 4.52. The van der Waals surface area contributed by atoms with Crippen molar-refractivity contribution in [3.63, 3.8) is 0 Å². The van der Waals surface area contributed by atoms with Crippen LogP contribution >= 0.6 is 23.8 Å². The van der Waals surface area contributed by atoms with E-state index in [4.69, 9.17) is 23.8 Å². The smallest absolute Gasteiger partial charge is 0.337 e. The van der Waals surface area contributed by atoms with E-state index in [1.54, 1.807) is 17.7 Å². The summed E-state index contributed by atoms with van der Waals surface area (Å²) < 4.78 is 39.5. The molecule has 0 saturated carbocycles. The van der Waals surface area contributed by atoms with Gasteiger partial charge in [-0.1, -0.05) is 11.6 Å². The van der Waals surface area contributed by atoms with Crippen LogP contribution in [0.4, 0.5) is 13.2 Å². The number of nitrogens with one attached hydrogen (secondary N) is 1. The van der Waals surface area contributed by atoms with E-state index < -0.39 is 11.7 Å². The van der Waals surface area contributed by atoms with Gasteiger partial charge in [0.25, 0.3) is 0 Å². The molecule has 0 radical (unpaired) electrons. The van der Waals surface area contributed by atoms with Crippen LogP contribution in [0.2, 0.25) is 5.02 Å². The molecule has 96 valence electrons. The van der Waals surface area contributed by atoms with Crippen molar-refractivity contribution in [2.45, 2.75) is 13.1 Å². The number of aromatic amines is 1. The molecule has 7 heteroatoms. The number of aromatic nitrogens is 2. The highest BCUT2D eigenvalue weighted by molar-refractivity contribution is 7.71. The molecule has 0 saturated heterocycles. The second kappa shape index (κ2) is 4.44. The number of halogens is 4. The number of imidazole rings is 1. The van der Waals surface area contributed by atoms with E-state index in [0.717, 1.165) is 17.8 Å². The normalized spacial score (nSPS) is 11.8. The van der Waals surface area contributed by atoms with Crippen LogP contribution in [-0.2, 0) is 6.18 Å². The van der Waals surface area contributed by atoms with Crippen LogP contribution in [0.15, 0.2) is 24.4 Å². The first-order valence-electron chi connectivity index (χ1n) is 4.95. The highest BCUT2D eigenvalue weighted by atomic mass is 35.5. The molecule has 1 heterocycles. The van der Waals surface area contributed by atoms with Crippen LogP contribution in [-0.4, -0.2) is 9.55 Å². The first kappa shape index (κ1) is 13.2. The fourth-order valence-corrected chi connectivity index (χ4v) is 2.19. The number of H-pyrrole nitrogens is 1. The van der Waals surface area contributed by atoms with Gasteiger partial charge in [-0.15, -0.1) is 0 Å². The number of rotatable bonds is 1. The summed E-state index contributed by atoms with van der Waals surface area (Å²) in [7, 11) is 0. The van der Waals surface area contributed by atoms with Crippen molar-refractivity contribution in [2.24, 2.45) is 0 Å². The molecule has 2 aromatic rings. The van der Waals surface area contributed by atoms with Crippen LogP contribution in [0, 0.1) is 11.7 Å². The molecule has 0 fully saturated rings. The van der Waals surface area contributed by atoms with E-state index in [-0.39, 0.29) is 5.02 Å². The first-order valence-corrected chi connectivity index (χ1v) is 5.73. The molecule has 0 aliphatic rings. The molecule has 2 nitrogen and oxygen atoms in total. The lowest BCUT2D eigenvalue weighted by Gasteiger charge is -2.11. The zero-order valence-electron chi connectivity index (χ0n) is 9.18. The Labute approximate surface area is 111 Å². The Balaban J connectivity index is 2.59. The lowest BCUT2D eigenvalue weighted by atomic mass is 10.2. The standard InChI is InChI=1S/C11H8ClF3N2S/c1-6-5-16-10(18)17(6)9-3-2-7(4-8(9)12)11(13,14)15/h2-5H,1H3,(H,16,18). The second-order valence-corrected chi connectivity index (χ2v) is 4.53. The minimum absolute atomic E-state index is 0.00336. The maximum atomic E-state index is 12.5. The molecule has 1 aromatic carbocycles. The van der Waals surface area contributed by atoms with E-state index in [9.17, 15) is 13.2 Å². The Morgan fingerprint density at radius 1 is 1.33 bits per heavy atom.